The lowest BCUT2D eigenvalue weighted by Crippen LogP contribution is -2.50. The lowest BCUT2D eigenvalue weighted by atomic mass is 9.89. The summed E-state index contributed by atoms with van der Waals surface area (Å²) in [6.45, 7) is 7.51. The summed E-state index contributed by atoms with van der Waals surface area (Å²) < 4.78 is 37.6. The van der Waals surface area contributed by atoms with Gasteiger partial charge in [0.05, 0.1) is 25.1 Å². The molecule has 7 nitrogen and oxygen atoms in total. The van der Waals surface area contributed by atoms with Crippen LogP contribution in [0.2, 0.25) is 0 Å². The first-order valence-corrected chi connectivity index (χ1v) is 12.0. The molecule has 0 aromatic heterocycles. The van der Waals surface area contributed by atoms with Crippen LogP contribution in [0.15, 0.2) is 42.5 Å². The van der Waals surface area contributed by atoms with E-state index in [2.05, 4.69) is 5.32 Å². The molecule has 1 aliphatic heterocycles. The molecular weight excluding hydrogens is 416 g/mol. The van der Waals surface area contributed by atoms with Gasteiger partial charge in [-0.05, 0) is 51.5 Å². The number of anilines is 1. The van der Waals surface area contributed by atoms with Gasteiger partial charge in [-0.1, -0.05) is 18.2 Å². The Balaban J connectivity index is 1.91. The van der Waals surface area contributed by atoms with Crippen molar-refractivity contribution in [3.05, 3.63) is 53.6 Å². The van der Waals surface area contributed by atoms with Crippen LogP contribution in [0.3, 0.4) is 0 Å². The molecule has 2 aromatic rings. The second-order valence-corrected chi connectivity index (χ2v) is 10.5. The standard InChI is InChI=1S/C23H30N2O5S/c1-15-10-11-19-20(14-23(3,4)30-21(19)12-15)24-22(26)16(2)25(31(6,27)28)17-8-7-9-18(13-17)29-5/h7-13,16,20H,14H2,1-6H3,(H,24,26)/t16-,20+/m1/s1. The van der Waals surface area contributed by atoms with E-state index in [1.165, 1.54) is 7.11 Å². The number of aryl methyl sites for hydroxylation is 1. The molecule has 0 saturated heterocycles. The number of amides is 1. The predicted molar refractivity (Wildman–Crippen MR) is 121 cm³/mol. The van der Waals surface area contributed by atoms with Crippen molar-refractivity contribution in [2.45, 2.75) is 51.8 Å². The fourth-order valence-electron chi connectivity index (χ4n) is 3.94. The minimum atomic E-state index is -3.72. The predicted octanol–water partition coefficient (Wildman–Crippen LogP) is 3.58. The van der Waals surface area contributed by atoms with Crippen molar-refractivity contribution < 1.29 is 22.7 Å². The Bertz CT molecular complexity index is 1080. The first-order valence-electron chi connectivity index (χ1n) is 10.1. The summed E-state index contributed by atoms with van der Waals surface area (Å²) in [6, 6.07) is 11.3. The number of ether oxygens (including phenoxy) is 2. The van der Waals surface area contributed by atoms with Crippen LogP contribution in [0.5, 0.6) is 11.5 Å². The summed E-state index contributed by atoms with van der Waals surface area (Å²) in [6.07, 6.45) is 1.66. The highest BCUT2D eigenvalue weighted by molar-refractivity contribution is 7.92. The number of carbonyl (C=O) groups is 1. The molecule has 0 spiro atoms. The van der Waals surface area contributed by atoms with Gasteiger partial charge in [-0.3, -0.25) is 9.10 Å². The Morgan fingerprint density at radius 3 is 2.61 bits per heavy atom. The van der Waals surface area contributed by atoms with Crippen molar-refractivity contribution in [1.82, 2.24) is 5.32 Å². The van der Waals surface area contributed by atoms with Crippen LogP contribution in [0.25, 0.3) is 0 Å². The number of hydrogen-bond donors (Lipinski definition) is 1. The van der Waals surface area contributed by atoms with Gasteiger partial charge in [0, 0.05) is 18.1 Å². The van der Waals surface area contributed by atoms with E-state index in [1.54, 1.807) is 31.2 Å². The Labute approximate surface area is 184 Å². The fourth-order valence-corrected chi connectivity index (χ4v) is 5.10. The highest BCUT2D eigenvalue weighted by Gasteiger charge is 2.37. The lowest BCUT2D eigenvalue weighted by molar-refractivity contribution is -0.123. The molecule has 0 bridgehead atoms. The van der Waals surface area contributed by atoms with Gasteiger partial charge in [0.2, 0.25) is 15.9 Å². The molecule has 1 N–H and O–H groups in total. The Morgan fingerprint density at radius 2 is 1.97 bits per heavy atom. The topological polar surface area (TPSA) is 84.9 Å². The van der Waals surface area contributed by atoms with E-state index in [4.69, 9.17) is 9.47 Å². The van der Waals surface area contributed by atoms with Gasteiger partial charge in [0.1, 0.15) is 23.1 Å². The molecule has 0 aliphatic carbocycles. The van der Waals surface area contributed by atoms with Crippen LogP contribution in [-0.4, -0.2) is 39.3 Å². The van der Waals surface area contributed by atoms with E-state index in [-0.39, 0.29) is 11.9 Å². The summed E-state index contributed by atoms with van der Waals surface area (Å²) in [4.78, 5) is 13.2. The Morgan fingerprint density at radius 1 is 1.26 bits per heavy atom. The zero-order valence-corrected chi connectivity index (χ0v) is 19.6. The average Bonchev–Trinajstić information content (AvgIpc) is 2.65. The number of sulfonamides is 1. The molecule has 3 rings (SSSR count). The van der Waals surface area contributed by atoms with Gasteiger partial charge >= 0.3 is 0 Å². The van der Waals surface area contributed by atoms with Gasteiger partial charge in [0.15, 0.2) is 0 Å². The summed E-state index contributed by atoms with van der Waals surface area (Å²) >= 11 is 0. The fraction of sp³-hybridized carbons (Fsp3) is 0.435. The molecule has 2 aromatic carbocycles. The largest absolute Gasteiger partial charge is 0.497 e. The van der Waals surface area contributed by atoms with Crippen LogP contribution < -0.4 is 19.1 Å². The van der Waals surface area contributed by atoms with E-state index in [0.29, 0.717) is 17.9 Å². The Hall–Kier alpha value is -2.74. The molecule has 1 aliphatic rings. The normalized spacial score (nSPS) is 18.3. The van der Waals surface area contributed by atoms with Gasteiger partial charge < -0.3 is 14.8 Å². The molecule has 2 atom stereocenters. The van der Waals surface area contributed by atoms with Gasteiger partial charge in [0.25, 0.3) is 0 Å². The van der Waals surface area contributed by atoms with Crippen molar-refractivity contribution in [3.8, 4) is 11.5 Å². The average molecular weight is 447 g/mol. The second kappa shape index (κ2) is 8.42. The van der Waals surface area contributed by atoms with E-state index >= 15 is 0 Å². The van der Waals surface area contributed by atoms with E-state index in [1.807, 2.05) is 39.0 Å². The van der Waals surface area contributed by atoms with Crippen molar-refractivity contribution in [3.63, 3.8) is 0 Å². The molecule has 0 unspecified atom stereocenters. The van der Waals surface area contributed by atoms with Crippen LogP contribution >= 0.6 is 0 Å². The van der Waals surface area contributed by atoms with E-state index < -0.39 is 21.7 Å². The maximum absolute atomic E-state index is 13.2. The number of fused-ring (bicyclic) bond motifs is 1. The molecule has 8 heteroatoms. The summed E-state index contributed by atoms with van der Waals surface area (Å²) in [5.74, 6) is 0.860. The zero-order valence-electron chi connectivity index (χ0n) is 18.8. The number of nitrogens with one attached hydrogen (secondary N) is 1. The monoisotopic (exact) mass is 446 g/mol. The summed E-state index contributed by atoms with van der Waals surface area (Å²) in [5, 5.41) is 3.04. The third-order valence-corrected chi connectivity index (χ3v) is 6.58. The van der Waals surface area contributed by atoms with E-state index in [9.17, 15) is 13.2 Å². The van der Waals surface area contributed by atoms with Crippen molar-refractivity contribution in [2.75, 3.05) is 17.7 Å². The quantitative estimate of drug-likeness (QED) is 0.733. The van der Waals surface area contributed by atoms with Crippen LogP contribution in [0.4, 0.5) is 5.69 Å². The first-order chi connectivity index (χ1) is 14.4. The van der Waals surface area contributed by atoms with Crippen LogP contribution in [0.1, 0.15) is 44.4 Å². The SMILES string of the molecule is COc1cccc(N([C@H](C)C(=O)N[C@H]2CC(C)(C)Oc3cc(C)ccc32)S(C)(=O)=O)c1. The molecule has 1 amide bonds. The number of benzene rings is 2. The Kier molecular flexibility index (Phi) is 6.23. The number of hydrogen-bond acceptors (Lipinski definition) is 5. The van der Waals surface area contributed by atoms with Crippen LogP contribution in [0, 0.1) is 6.92 Å². The second-order valence-electron chi connectivity index (χ2n) is 8.60. The van der Waals surface area contributed by atoms with Gasteiger partial charge in [-0.2, -0.15) is 0 Å². The number of nitrogens with zero attached hydrogens (tertiary/aromatic N) is 1. The number of rotatable bonds is 6. The third kappa shape index (κ3) is 5.12. The molecule has 168 valence electrons. The lowest BCUT2D eigenvalue weighted by Gasteiger charge is -2.39. The molecule has 0 saturated carbocycles. The minimum absolute atomic E-state index is 0.291. The van der Waals surface area contributed by atoms with Crippen LogP contribution in [-0.2, 0) is 14.8 Å². The van der Waals surface area contributed by atoms with E-state index in [0.717, 1.165) is 27.4 Å². The molecule has 1 heterocycles. The first kappa shape index (κ1) is 22.9. The van der Waals surface area contributed by atoms with Crippen molar-refractivity contribution in [2.24, 2.45) is 0 Å². The highest BCUT2D eigenvalue weighted by Crippen LogP contribution is 2.40. The van der Waals surface area contributed by atoms with Gasteiger partial charge in [-0.15, -0.1) is 0 Å². The highest BCUT2D eigenvalue weighted by atomic mass is 32.2. The maximum Gasteiger partial charge on any atom is 0.244 e. The third-order valence-electron chi connectivity index (χ3n) is 5.34. The zero-order chi connectivity index (χ0) is 23.0. The number of methoxy groups -OCH3 is 1. The maximum atomic E-state index is 13.2. The number of carbonyl (C=O) groups excluding carboxylic acids is 1. The van der Waals surface area contributed by atoms with Crippen molar-refractivity contribution >= 4 is 21.6 Å². The molecule has 0 fully saturated rings. The summed E-state index contributed by atoms with van der Waals surface area (Å²) in [7, 11) is -2.22. The molecular formula is C23H30N2O5S. The summed E-state index contributed by atoms with van der Waals surface area (Å²) in [5.41, 5.74) is 1.85. The molecule has 0 radical (unpaired) electrons. The smallest absolute Gasteiger partial charge is 0.244 e. The van der Waals surface area contributed by atoms with Gasteiger partial charge in [-0.25, -0.2) is 8.42 Å². The molecule has 31 heavy (non-hydrogen) atoms. The minimum Gasteiger partial charge on any atom is -0.497 e. The van der Waals surface area contributed by atoms with Crippen molar-refractivity contribution in [1.29, 1.82) is 0 Å².